The van der Waals surface area contributed by atoms with Gasteiger partial charge in [0, 0.05) is 24.0 Å². The lowest BCUT2D eigenvalue weighted by atomic mass is 9.94. The maximum atomic E-state index is 14.2. The Hall–Kier alpha value is -4.68. The van der Waals surface area contributed by atoms with Crippen molar-refractivity contribution < 1.29 is 35.9 Å². The highest BCUT2D eigenvalue weighted by molar-refractivity contribution is 5.94. The van der Waals surface area contributed by atoms with Crippen molar-refractivity contribution in [2.24, 2.45) is 11.7 Å². The van der Waals surface area contributed by atoms with E-state index >= 15 is 0 Å². The molecular weight excluding hydrogens is 576 g/mol. The van der Waals surface area contributed by atoms with E-state index in [0.717, 1.165) is 35.1 Å². The van der Waals surface area contributed by atoms with Crippen molar-refractivity contribution in [3.63, 3.8) is 0 Å². The number of aromatic nitrogens is 3. The van der Waals surface area contributed by atoms with Crippen LogP contribution in [0.25, 0.3) is 11.1 Å². The lowest BCUT2D eigenvalue weighted by Crippen LogP contribution is -2.37. The third kappa shape index (κ3) is 7.59. The summed E-state index contributed by atoms with van der Waals surface area (Å²) in [6.45, 7) is 3.56. The van der Waals surface area contributed by atoms with Gasteiger partial charge in [0.1, 0.15) is 23.5 Å². The number of benzene rings is 2. The second-order valence-corrected chi connectivity index (χ2v) is 10.4. The molecule has 43 heavy (non-hydrogen) atoms. The van der Waals surface area contributed by atoms with E-state index in [4.69, 9.17) is 5.73 Å². The molecule has 2 atom stereocenters. The Labute approximate surface area is 242 Å². The van der Waals surface area contributed by atoms with E-state index in [1.165, 1.54) is 18.3 Å². The average Bonchev–Trinajstić information content (AvgIpc) is 3.42. The summed E-state index contributed by atoms with van der Waals surface area (Å²) in [6, 6.07) is 8.08. The molecule has 0 aliphatic carbocycles. The number of carbonyl (C=O) groups is 2. The molecule has 0 aliphatic rings. The quantitative estimate of drug-likeness (QED) is 0.212. The molecule has 2 heterocycles. The van der Waals surface area contributed by atoms with E-state index in [9.17, 15) is 35.9 Å². The van der Waals surface area contributed by atoms with Crippen LogP contribution >= 0.6 is 0 Å². The van der Waals surface area contributed by atoms with E-state index in [-0.39, 0.29) is 30.0 Å². The maximum absolute atomic E-state index is 14.2. The van der Waals surface area contributed by atoms with Crippen LogP contribution in [-0.4, -0.2) is 26.6 Å². The fourth-order valence-electron chi connectivity index (χ4n) is 4.71. The molecule has 0 saturated heterocycles. The number of alkyl halides is 3. The number of nitrogens with two attached hydrogens (primary N) is 1. The second kappa shape index (κ2) is 12.7. The van der Waals surface area contributed by atoms with Crippen LogP contribution in [0, 0.1) is 23.4 Å². The van der Waals surface area contributed by atoms with Gasteiger partial charge in [-0.2, -0.15) is 18.3 Å². The number of nitrogens with zero attached hydrogens (tertiary/aromatic N) is 3. The summed E-state index contributed by atoms with van der Waals surface area (Å²) in [7, 11) is 0. The number of primary amides is 1. The predicted octanol–water partition coefficient (Wildman–Crippen LogP) is 6.17. The van der Waals surface area contributed by atoms with Gasteiger partial charge >= 0.3 is 6.18 Å². The lowest BCUT2D eigenvalue weighted by molar-refractivity contribution is -0.142. The van der Waals surface area contributed by atoms with Crippen LogP contribution in [0.1, 0.15) is 59.7 Å². The Bertz CT molecular complexity index is 1620. The number of amides is 2. The molecule has 3 N–H and O–H groups in total. The third-order valence-electron chi connectivity index (χ3n) is 6.61. The Morgan fingerprint density at radius 2 is 1.70 bits per heavy atom. The van der Waals surface area contributed by atoms with Gasteiger partial charge in [0.25, 0.3) is 5.91 Å². The SMILES string of the molecule is CC(C)C[C@@H](C(=O)N[C@@H](Cc1cc(F)cc(F)c1)c1ncccc1-c1ccc(F)c(C(N)=O)c1)n1ccc(C(F)(F)F)n1. The lowest BCUT2D eigenvalue weighted by Gasteiger charge is -2.25. The van der Waals surface area contributed by atoms with Crippen LogP contribution in [0.3, 0.4) is 0 Å². The highest BCUT2D eigenvalue weighted by Gasteiger charge is 2.35. The Morgan fingerprint density at radius 3 is 2.30 bits per heavy atom. The van der Waals surface area contributed by atoms with Gasteiger partial charge < -0.3 is 11.1 Å². The number of carbonyl (C=O) groups excluding carboxylic acids is 2. The first-order chi connectivity index (χ1) is 20.2. The van der Waals surface area contributed by atoms with E-state index in [1.54, 1.807) is 26.0 Å². The minimum Gasteiger partial charge on any atom is -0.366 e. The number of nitrogens with one attached hydrogen (secondary N) is 1. The molecule has 0 fully saturated rings. The number of rotatable bonds is 10. The molecule has 7 nitrogen and oxygen atoms in total. The average molecular weight is 604 g/mol. The van der Waals surface area contributed by atoms with Gasteiger partial charge in [-0.05, 0) is 66.3 Å². The molecule has 0 unspecified atom stereocenters. The monoisotopic (exact) mass is 603 g/mol. The van der Waals surface area contributed by atoms with Crippen LogP contribution in [0.4, 0.5) is 26.3 Å². The molecule has 0 spiro atoms. The molecule has 0 aliphatic heterocycles. The fraction of sp³-hybridized carbons (Fsp3) is 0.267. The minimum atomic E-state index is -4.73. The zero-order valence-electron chi connectivity index (χ0n) is 23.0. The molecule has 226 valence electrons. The first-order valence-corrected chi connectivity index (χ1v) is 13.1. The molecule has 0 bridgehead atoms. The summed E-state index contributed by atoms with van der Waals surface area (Å²) >= 11 is 0. The predicted molar refractivity (Wildman–Crippen MR) is 145 cm³/mol. The molecule has 13 heteroatoms. The molecule has 2 aromatic carbocycles. The van der Waals surface area contributed by atoms with Crippen molar-refractivity contribution in [2.75, 3.05) is 0 Å². The molecule has 2 aromatic heterocycles. The number of halogens is 6. The largest absolute Gasteiger partial charge is 0.435 e. The summed E-state index contributed by atoms with van der Waals surface area (Å²) in [5, 5.41) is 6.36. The zero-order chi connectivity index (χ0) is 31.5. The summed E-state index contributed by atoms with van der Waals surface area (Å²) in [4.78, 5) is 29.9. The minimum absolute atomic E-state index is 0.112. The van der Waals surface area contributed by atoms with Crippen molar-refractivity contribution in [1.29, 1.82) is 0 Å². The van der Waals surface area contributed by atoms with Crippen molar-refractivity contribution in [2.45, 2.75) is 44.9 Å². The zero-order valence-corrected chi connectivity index (χ0v) is 23.0. The van der Waals surface area contributed by atoms with Gasteiger partial charge in [-0.3, -0.25) is 19.3 Å². The van der Waals surface area contributed by atoms with E-state index in [1.807, 2.05) is 0 Å². The van der Waals surface area contributed by atoms with Crippen LogP contribution in [0.15, 0.2) is 67.0 Å². The summed E-state index contributed by atoms with van der Waals surface area (Å²) in [5.41, 5.74) is 4.73. The van der Waals surface area contributed by atoms with Gasteiger partial charge in [-0.15, -0.1) is 0 Å². The van der Waals surface area contributed by atoms with Crippen LogP contribution in [-0.2, 0) is 17.4 Å². The van der Waals surface area contributed by atoms with Gasteiger partial charge in [0.15, 0.2) is 5.69 Å². The third-order valence-corrected chi connectivity index (χ3v) is 6.61. The summed E-state index contributed by atoms with van der Waals surface area (Å²) < 4.78 is 83.2. The second-order valence-electron chi connectivity index (χ2n) is 10.4. The van der Waals surface area contributed by atoms with Crippen LogP contribution in [0.2, 0.25) is 0 Å². The number of hydrogen-bond donors (Lipinski definition) is 2. The maximum Gasteiger partial charge on any atom is 0.435 e. The Balaban J connectivity index is 1.80. The van der Waals surface area contributed by atoms with Crippen molar-refractivity contribution in [1.82, 2.24) is 20.1 Å². The summed E-state index contributed by atoms with van der Waals surface area (Å²) in [6.07, 6.45) is -2.34. The van der Waals surface area contributed by atoms with Crippen LogP contribution in [0.5, 0.6) is 0 Å². The molecular formula is C30H27F6N5O2. The Kier molecular flexibility index (Phi) is 9.22. The number of pyridine rings is 1. The first kappa shape index (κ1) is 31.3. The molecule has 0 radical (unpaired) electrons. The highest BCUT2D eigenvalue weighted by atomic mass is 19.4. The molecule has 4 rings (SSSR count). The van der Waals surface area contributed by atoms with E-state index < -0.39 is 58.8 Å². The van der Waals surface area contributed by atoms with Gasteiger partial charge in [-0.1, -0.05) is 26.0 Å². The van der Waals surface area contributed by atoms with Crippen molar-refractivity contribution in [3.8, 4) is 11.1 Å². The standard InChI is InChI=1S/C30H27F6N5O2/c1-16(2)10-25(41-9-7-26(40-41)30(34,35)36)29(43)39-24(13-17-11-19(31)15-20(32)12-17)27-21(4-3-8-38-27)18-5-6-23(33)22(14-18)28(37)42/h3-9,11-12,14-16,24-25H,10,13H2,1-2H3,(H2,37,42)(H,39,43)/t24-,25-/m0/s1. The summed E-state index contributed by atoms with van der Waals surface area (Å²) in [5.74, 6) is -4.45. The molecule has 0 saturated carbocycles. The molecule has 2 amide bonds. The van der Waals surface area contributed by atoms with Crippen molar-refractivity contribution >= 4 is 11.8 Å². The van der Waals surface area contributed by atoms with Crippen LogP contribution < -0.4 is 11.1 Å². The first-order valence-electron chi connectivity index (χ1n) is 13.1. The smallest absolute Gasteiger partial charge is 0.366 e. The normalized spacial score (nSPS) is 13.1. The molecule has 4 aromatic rings. The van der Waals surface area contributed by atoms with E-state index in [2.05, 4.69) is 15.4 Å². The fourth-order valence-corrected chi connectivity index (χ4v) is 4.71. The van der Waals surface area contributed by atoms with E-state index in [0.29, 0.717) is 17.2 Å². The van der Waals surface area contributed by atoms with Gasteiger partial charge in [0.05, 0.1) is 17.3 Å². The highest BCUT2D eigenvalue weighted by Crippen LogP contribution is 2.32. The van der Waals surface area contributed by atoms with Crippen molar-refractivity contribution in [3.05, 3.63) is 107 Å². The Morgan fingerprint density at radius 1 is 1.00 bits per heavy atom. The van der Waals surface area contributed by atoms with Gasteiger partial charge in [-0.25, -0.2) is 13.2 Å². The topological polar surface area (TPSA) is 103 Å². The van der Waals surface area contributed by atoms with Gasteiger partial charge in [0.2, 0.25) is 5.91 Å². The number of hydrogen-bond acceptors (Lipinski definition) is 4.